The lowest BCUT2D eigenvalue weighted by Gasteiger charge is -2.27. The first-order valence-corrected chi connectivity index (χ1v) is 5.93. The Bertz CT molecular complexity index is 451. The molecule has 1 saturated heterocycles. The van der Waals surface area contributed by atoms with E-state index in [9.17, 15) is 9.18 Å². The van der Waals surface area contributed by atoms with Gasteiger partial charge >= 0.3 is 0 Å². The summed E-state index contributed by atoms with van der Waals surface area (Å²) in [5, 5.41) is 3.19. The third-order valence-electron chi connectivity index (χ3n) is 3.26. The van der Waals surface area contributed by atoms with Crippen LogP contribution in [-0.4, -0.2) is 38.1 Å². The molecule has 5 heteroatoms. The van der Waals surface area contributed by atoms with Crippen LogP contribution in [-0.2, 0) is 4.79 Å². The molecule has 0 radical (unpaired) electrons. The van der Waals surface area contributed by atoms with Gasteiger partial charge in [0.25, 0.3) is 0 Å². The third kappa shape index (κ3) is 2.46. The second-order valence-corrected chi connectivity index (χ2v) is 4.36. The minimum atomic E-state index is -0.323. The number of nitrogens with one attached hydrogen (secondary N) is 1. The quantitative estimate of drug-likeness (QED) is 0.863. The molecule has 1 heterocycles. The number of methoxy groups -OCH3 is 1. The molecular weight excluding hydrogens is 235 g/mol. The minimum absolute atomic E-state index is 0.0521. The van der Waals surface area contributed by atoms with E-state index in [0.717, 1.165) is 0 Å². The van der Waals surface area contributed by atoms with Crippen molar-refractivity contribution in [2.45, 2.75) is 12.5 Å². The number of hydrogen-bond acceptors (Lipinski definition) is 3. The third-order valence-corrected chi connectivity index (χ3v) is 3.26. The van der Waals surface area contributed by atoms with Crippen LogP contribution < -0.4 is 10.1 Å². The van der Waals surface area contributed by atoms with Gasteiger partial charge in [0.1, 0.15) is 11.6 Å². The Labute approximate surface area is 106 Å². The van der Waals surface area contributed by atoms with Gasteiger partial charge in [-0.3, -0.25) is 4.79 Å². The van der Waals surface area contributed by atoms with E-state index >= 15 is 0 Å². The summed E-state index contributed by atoms with van der Waals surface area (Å²) in [5.74, 6) is 0.331. The molecular formula is C13H17FN2O2. The second-order valence-electron chi connectivity index (χ2n) is 4.36. The summed E-state index contributed by atoms with van der Waals surface area (Å²) in [5.41, 5.74) is 0.697. The van der Waals surface area contributed by atoms with Gasteiger partial charge in [-0.2, -0.15) is 0 Å². The molecule has 1 aliphatic rings. The molecule has 1 aliphatic heterocycles. The van der Waals surface area contributed by atoms with Crippen molar-refractivity contribution in [2.24, 2.45) is 0 Å². The molecule has 98 valence electrons. The van der Waals surface area contributed by atoms with Gasteiger partial charge in [0.2, 0.25) is 5.91 Å². The van der Waals surface area contributed by atoms with Crippen molar-refractivity contribution in [2.75, 3.05) is 27.2 Å². The van der Waals surface area contributed by atoms with Crippen LogP contribution in [0.1, 0.15) is 18.0 Å². The highest BCUT2D eigenvalue weighted by Gasteiger charge is 2.26. The van der Waals surface area contributed by atoms with Gasteiger partial charge in [-0.05, 0) is 18.2 Å². The van der Waals surface area contributed by atoms with Crippen LogP contribution in [0.15, 0.2) is 18.2 Å². The molecule has 18 heavy (non-hydrogen) atoms. The lowest BCUT2D eigenvalue weighted by Crippen LogP contribution is -2.32. The maximum atomic E-state index is 13.4. The van der Waals surface area contributed by atoms with Crippen molar-refractivity contribution in [1.29, 1.82) is 0 Å². The number of benzene rings is 1. The molecule has 1 unspecified atom stereocenters. The van der Waals surface area contributed by atoms with E-state index in [2.05, 4.69) is 5.32 Å². The molecule has 4 nitrogen and oxygen atoms in total. The number of rotatable bonds is 2. The molecule has 0 aromatic heterocycles. The fourth-order valence-electron chi connectivity index (χ4n) is 2.21. The van der Waals surface area contributed by atoms with Crippen molar-refractivity contribution < 1.29 is 13.9 Å². The molecule has 2 rings (SSSR count). The van der Waals surface area contributed by atoms with E-state index in [1.165, 1.54) is 12.1 Å². The highest BCUT2D eigenvalue weighted by atomic mass is 19.1. The molecule has 0 bridgehead atoms. The second kappa shape index (κ2) is 5.35. The largest absolute Gasteiger partial charge is 0.496 e. The highest BCUT2D eigenvalue weighted by molar-refractivity contribution is 5.77. The fraction of sp³-hybridized carbons (Fsp3) is 0.462. The maximum absolute atomic E-state index is 13.4. The van der Waals surface area contributed by atoms with E-state index in [0.29, 0.717) is 30.8 Å². The predicted octanol–water partition coefficient (Wildman–Crippen LogP) is 1.33. The molecule has 1 aromatic rings. The van der Waals surface area contributed by atoms with Crippen molar-refractivity contribution in [3.05, 3.63) is 29.6 Å². The number of ether oxygens (including phenoxy) is 1. The minimum Gasteiger partial charge on any atom is -0.496 e. The first-order chi connectivity index (χ1) is 8.63. The molecule has 0 saturated carbocycles. The number of amides is 1. The fourth-order valence-corrected chi connectivity index (χ4v) is 2.21. The SMILES string of the molecule is COc1ccc(F)cc1C1CNCCC(=O)N1C. The van der Waals surface area contributed by atoms with Gasteiger partial charge in [0.15, 0.2) is 0 Å². The van der Waals surface area contributed by atoms with Gasteiger partial charge in [0, 0.05) is 32.1 Å². The summed E-state index contributed by atoms with van der Waals surface area (Å²) in [4.78, 5) is 13.5. The number of likely N-dealkylation sites (N-methyl/N-ethyl adjacent to an activating group) is 1. The Morgan fingerprint density at radius 2 is 2.28 bits per heavy atom. The number of hydrogen-bond donors (Lipinski definition) is 1. The average Bonchev–Trinajstić information content (AvgIpc) is 2.53. The van der Waals surface area contributed by atoms with Crippen molar-refractivity contribution in [3.8, 4) is 5.75 Å². The van der Waals surface area contributed by atoms with Gasteiger partial charge in [-0.25, -0.2) is 4.39 Å². The van der Waals surface area contributed by atoms with E-state index in [1.807, 2.05) is 0 Å². The number of nitrogens with zero attached hydrogens (tertiary/aromatic N) is 1. The monoisotopic (exact) mass is 252 g/mol. The molecule has 1 aromatic carbocycles. The van der Waals surface area contributed by atoms with Crippen LogP contribution >= 0.6 is 0 Å². The van der Waals surface area contributed by atoms with Crippen LogP contribution in [0.5, 0.6) is 5.75 Å². The molecule has 1 amide bonds. The lowest BCUT2D eigenvalue weighted by atomic mass is 10.0. The standard InChI is InChI=1S/C13H17FN2O2/c1-16-11(8-15-6-5-13(16)17)10-7-9(14)3-4-12(10)18-2/h3-4,7,11,15H,5-6,8H2,1-2H3. The summed E-state index contributed by atoms with van der Waals surface area (Å²) in [6, 6.07) is 4.17. The summed E-state index contributed by atoms with van der Waals surface area (Å²) < 4.78 is 18.6. The predicted molar refractivity (Wildman–Crippen MR) is 65.9 cm³/mol. The molecule has 0 spiro atoms. The Morgan fingerprint density at radius 3 is 3.00 bits per heavy atom. The van der Waals surface area contributed by atoms with Crippen LogP contribution in [0.4, 0.5) is 4.39 Å². The Kier molecular flexibility index (Phi) is 3.81. The summed E-state index contributed by atoms with van der Waals surface area (Å²) in [7, 11) is 3.28. The van der Waals surface area contributed by atoms with Crippen LogP contribution in [0, 0.1) is 5.82 Å². The van der Waals surface area contributed by atoms with Crippen LogP contribution in [0.3, 0.4) is 0 Å². The smallest absolute Gasteiger partial charge is 0.224 e. The maximum Gasteiger partial charge on any atom is 0.224 e. The summed E-state index contributed by atoms with van der Waals surface area (Å²) in [6.45, 7) is 1.25. The van der Waals surface area contributed by atoms with Crippen molar-refractivity contribution in [3.63, 3.8) is 0 Å². The van der Waals surface area contributed by atoms with Gasteiger partial charge in [-0.1, -0.05) is 0 Å². The van der Waals surface area contributed by atoms with Crippen molar-refractivity contribution in [1.82, 2.24) is 10.2 Å². The Hall–Kier alpha value is -1.62. The summed E-state index contributed by atoms with van der Waals surface area (Å²) in [6.07, 6.45) is 0.463. The average molecular weight is 252 g/mol. The molecule has 1 fully saturated rings. The topological polar surface area (TPSA) is 41.6 Å². The Morgan fingerprint density at radius 1 is 1.50 bits per heavy atom. The number of carbonyl (C=O) groups is 1. The Balaban J connectivity index is 2.39. The van der Waals surface area contributed by atoms with Crippen LogP contribution in [0.2, 0.25) is 0 Å². The zero-order valence-electron chi connectivity index (χ0n) is 10.6. The zero-order chi connectivity index (χ0) is 13.1. The number of carbonyl (C=O) groups excluding carboxylic acids is 1. The summed E-state index contributed by atoms with van der Waals surface area (Å²) >= 11 is 0. The highest BCUT2D eigenvalue weighted by Crippen LogP contribution is 2.30. The molecule has 0 aliphatic carbocycles. The number of halogens is 1. The van der Waals surface area contributed by atoms with Gasteiger partial charge < -0.3 is 15.0 Å². The van der Waals surface area contributed by atoms with E-state index in [-0.39, 0.29) is 17.8 Å². The first-order valence-electron chi connectivity index (χ1n) is 5.93. The molecule has 1 atom stereocenters. The first kappa shape index (κ1) is 12.8. The van der Waals surface area contributed by atoms with Crippen molar-refractivity contribution >= 4 is 5.91 Å². The molecule has 1 N–H and O–H groups in total. The van der Waals surface area contributed by atoms with E-state index in [1.54, 1.807) is 25.1 Å². The van der Waals surface area contributed by atoms with Crippen LogP contribution in [0.25, 0.3) is 0 Å². The van der Waals surface area contributed by atoms with E-state index < -0.39 is 0 Å². The van der Waals surface area contributed by atoms with Gasteiger partial charge in [0.05, 0.1) is 13.2 Å². The zero-order valence-corrected chi connectivity index (χ0v) is 10.6. The van der Waals surface area contributed by atoms with E-state index in [4.69, 9.17) is 4.74 Å². The van der Waals surface area contributed by atoms with Gasteiger partial charge in [-0.15, -0.1) is 0 Å². The lowest BCUT2D eigenvalue weighted by molar-refractivity contribution is -0.131. The normalized spacial score (nSPS) is 20.7.